The fourth-order valence-electron chi connectivity index (χ4n) is 3.27. The molecule has 0 radical (unpaired) electrons. The zero-order chi connectivity index (χ0) is 23.0. The smallest absolute Gasteiger partial charge is 0.261 e. The van der Waals surface area contributed by atoms with E-state index in [0.29, 0.717) is 23.7 Å². The maximum atomic E-state index is 13.2. The average molecular weight is 445 g/mol. The number of carbonyl (C=O) groups excluding carboxylic acids is 2. The van der Waals surface area contributed by atoms with Crippen molar-refractivity contribution in [1.29, 1.82) is 0 Å². The van der Waals surface area contributed by atoms with Gasteiger partial charge < -0.3 is 15.0 Å². The van der Waals surface area contributed by atoms with E-state index in [1.54, 1.807) is 23.1 Å². The fourth-order valence-corrected chi connectivity index (χ4v) is 3.38. The Morgan fingerprint density at radius 2 is 1.77 bits per heavy atom. The van der Waals surface area contributed by atoms with E-state index in [1.165, 1.54) is 0 Å². The number of hydrogen-bond acceptors (Lipinski definition) is 3. The second-order valence-corrected chi connectivity index (χ2v) is 8.30. The highest BCUT2D eigenvalue weighted by molar-refractivity contribution is 6.31. The second-order valence-electron chi connectivity index (χ2n) is 7.89. The van der Waals surface area contributed by atoms with E-state index < -0.39 is 6.04 Å². The van der Waals surface area contributed by atoms with Gasteiger partial charge in [-0.15, -0.1) is 0 Å². The Labute approximate surface area is 190 Å². The standard InChI is InChI=1S/C25H33ClN2O3/c1-6-19(5)27-25(30)23(7-2)28(15-20-11-9-8-10-17(20)3)24(29)16-31-21-12-13-22(26)18(4)14-21/h8-14,19,23H,6-7,15-16H2,1-5H3,(H,27,30). The van der Waals surface area contributed by atoms with Crippen molar-refractivity contribution in [3.05, 3.63) is 64.2 Å². The maximum Gasteiger partial charge on any atom is 0.261 e. The molecule has 0 saturated carbocycles. The van der Waals surface area contributed by atoms with Crippen LogP contribution < -0.4 is 10.1 Å². The van der Waals surface area contributed by atoms with E-state index >= 15 is 0 Å². The first-order valence-corrected chi connectivity index (χ1v) is 11.2. The Morgan fingerprint density at radius 3 is 2.39 bits per heavy atom. The lowest BCUT2D eigenvalue weighted by atomic mass is 10.1. The summed E-state index contributed by atoms with van der Waals surface area (Å²) in [5, 5.41) is 3.66. The lowest BCUT2D eigenvalue weighted by Crippen LogP contribution is -2.51. The van der Waals surface area contributed by atoms with E-state index in [9.17, 15) is 9.59 Å². The van der Waals surface area contributed by atoms with Gasteiger partial charge in [-0.1, -0.05) is 49.7 Å². The quantitative estimate of drug-likeness (QED) is 0.557. The first-order chi connectivity index (χ1) is 14.8. The fraction of sp³-hybridized carbons (Fsp3) is 0.440. The van der Waals surface area contributed by atoms with Crippen molar-refractivity contribution in [3.63, 3.8) is 0 Å². The van der Waals surface area contributed by atoms with E-state index in [0.717, 1.165) is 23.1 Å². The van der Waals surface area contributed by atoms with Gasteiger partial charge in [0.15, 0.2) is 6.61 Å². The van der Waals surface area contributed by atoms with Gasteiger partial charge in [-0.3, -0.25) is 9.59 Å². The molecule has 0 aliphatic heterocycles. The Bertz CT molecular complexity index is 900. The van der Waals surface area contributed by atoms with Crippen LogP contribution >= 0.6 is 11.6 Å². The van der Waals surface area contributed by atoms with Crippen LogP contribution in [-0.2, 0) is 16.1 Å². The van der Waals surface area contributed by atoms with Crippen molar-refractivity contribution in [2.75, 3.05) is 6.61 Å². The average Bonchev–Trinajstić information content (AvgIpc) is 2.75. The molecule has 0 aromatic heterocycles. The molecule has 0 spiro atoms. The number of benzene rings is 2. The van der Waals surface area contributed by atoms with Crippen molar-refractivity contribution in [3.8, 4) is 5.75 Å². The van der Waals surface area contributed by atoms with Crippen LogP contribution in [0.1, 0.15) is 50.3 Å². The highest BCUT2D eigenvalue weighted by atomic mass is 35.5. The third-order valence-corrected chi connectivity index (χ3v) is 5.90. The molecule has 6 heteroatoms. The van der Waals surface area contributed by atoms with Gasteiger partial charge in [0.1, 0.15) is 11.8 Å². The second kappa shape index (κ2) is 11.8. The molecular weight excluding hydrogens is 412 g/mol. The number of nitrogens with zero attached hydrogens (tertiary/aromatic N) is 1. The van der Waals surface area contributed by atoms with Crippen molar-refractivity contribution < 1.29 is 14.3 Å². The van der Waals surface area contributed by atoms with E-state index in [-0.39, 0.29) is 24.5 Å². The summed E-state index contributed by atoms with van der Waals surface area (Å²) in [5.74, 6) is 0.200. The van der Waals surface area contributed by atoms with E-state index in [1.807, 2.05) is 58.9 Å². The minimum absolute atomic E-state index is 0.0465. The molecular formula is C25H33ClN2O3. The number of ether oxygens (including phenoxy) is 1. The topological polar surface area (TPSA) is 58.6 Å². The lowest BCUT2D eigenvalue weighted by Gasteiger charge is -2.31. The molecule has 2 aromatic rings. The Balaban J connectivity index is 2.24. The van der Waals surface area contributed by atoms with Gasteiger partial charge in [0.05, 0.1) is 0 Å². The number of aryl methyl sites for hydroxylation is 2. The molecule has 0 saturated heterocycles. The van der Waals surface area contributed by atoms with Crippen LogP contribution in [-0.4, -0.2) is 35.4 Å². The molecule has 2 rings (SSSR count). The summed E-state index contributed by atoms with van der Waals surface area (Å²) < 4.78 is 5.75. The van der Waals surface area contributed by atoms with Crippen LogP contribution in [0.25, 0.3) is 0 Å². The molecule has 0 heterocycles. The molecule has 2 unspecified atom stereocenters. The molecule has 31 heavy (non-hydrogen) atoms. The lowest BCUT2D eigenvalue weighted by molar-refractivity contribution is -0.143. The van der Waals surface area contributed by atoms with Gasteiger partial charge in [-0.05, 0) is 68.5 Å². The number of halogens is 1. The van der Waals surface area contributed by atoms with Gasteiger partial charge in [0, 0.05) is 17.6 Å². The monoisotopic (exact) mass is 444 g/mol. The summed E-state index contributed by atoms with van der Waals surface area (Å²) in [6, 6.07) is 12.7. The number of amides is 2. The van der Waals surface area contributed by atoms with Gasteiger partial charge in [-0.25, -0.2) is 0 Å². The Hall–Kier alpha value is -2.53. The summed E-state index contributed by atoms with van der Waals surface area (Å²) in [5.41, 5.74) is 2.96. The highest BCUT2D eigenvalue weighted by Gasteiger charge is 2.29. The van der Waals surface area contributed by atoms with E-state index in [4.69, 9.17) is 16.3 Å². The Morgan fingerprint density at radius 1 is 1.06 bits per heavy atom. The minimum Gasteiger partial charge on any atom is -0.484 e. The number of carbonyl (C=O) groups is 2. The first-order valence-electron chi connectivity index (χ1n) is 10.8. The molecule has 2 aromatic carbocycles. The summed E-state index contributed by atoms with van der Waals surface area (Å²) in [6.45, 7) is 9.98. The van der Waals surface area contributed by atoms with E-state index in [2.05, 4.69) is 5.32 Å². The van der Waals surface area contributed by atoms with Crippen LogP contribution in [0.5, 0.6) is 5.75 Å². The van der Waals surface area contributed by atoms with Crippen molar-refractivity contribution >= 4 is 23.4 Å². The Kier molecular flexibility index (Phi) is 9.38. The van der Waals surface area contributed by atoms with Crippen molar-refractivity contribution in [2.45, 2.75) is 66.1 Å². The van der Waals surface area contributed by atoms with Gasteiger partial charge >= 0.3 is 0 Å². The molecule has 0 aliphatic carbocycles. The molecule has 2 atom stereocenters. The van der Waals surface area contributed by atoms with Crippen LogP contribution in [0.2, 0.25) is 5.02 Å². The third-order valence-electron chi connectivity index (χ3n) is 5.48. The number of rotatable bonds is 10. The molecule has 5 nitrogen and oxygen atoms in total. The van der Waals surface area contributed by atoms with Crippen LogP contribution in [0, 0.1) is 13.8 Å². The zero-order valence-corrected chi connectivity index (χ0v) is 19.8. The summed E-state index contributed by atoms with van der Waals surface area (Å²) >= 11 is 6.07. The molecule has 0 bridgehead atoms. The van der Waals surface area contributed by atoms with Gasteiger partial charge in [0.2, 0.25) is 5.91 Å². The van der Waals surface area contributed by atoms with Crippen molar-refractivity contribution in [1.82, 2.24) is 10.2 Å². The first kappa shape index (κ1) is 24.7. The molecule has 1 N–H and O–H groups in total. The molecule has 0 aliphatic rings. The van der Waals surface area contributed by atoms with Crippen LogP contribution in [0.3, 0.4) is 0 Å². The highest BCUT2D eigenvalue weighted by Crippen LogP contribution is 2.22. The summed E-state index contributed by atoms with van der Waals surface area (Å²) in [7, 11) is 0. The summed E-state index contributed by atoms with van der Waals surface area (Å²) in [4.78, 5) is 27.8. The predicted octanol–water partition coefficient (Wildman–Crippen LogP) is 5.06. The van der Waals surface area contributed by atoms with Crippen LogP contribution in [0.4, 0.5) is 0 Å². The molecule has 168 valence electrons. The SMILES string of the molecule is CCC(C)NC(=O)C(CC)N(Cc1ccccc1C)C(=O)COc1ccc(Cl)c(C)c1. The molecule has 0 fully saturated rings. The van der Waals surface area contributed by atoms with Gasteiger partial charge in [-0.2, -0.15) is 0 Å². The summed E-state index contributed by atoms with van der Waals surface area (Å²) in [6.07, 6.45) is 1.34. The largest absolute Gasteiger partial charge is 0.484 e. The number of nitrogens with one attached hydrogen (secondary N) is 1. The third kappa shape index (κ3) is 7.00. The van der Waals surface area contributed by atoms with Gasteiger partial charge in [0.25, 0.3) is 5.91 Å². The number of hydrogen-bond donors (Lipinski definition) is 1. The maximum absolute atomic E-state index is 13.2. The van der Waals surface area contributed by atoms with Crippen molar-refractivity contribution in [2.24, 2.45) is 0 Å². The minimum atomic E-state index is -0.573. The predicted molar refractivity (Wildman–Crippen MR) is 125 cm³/mol. The van der Waals surface area contributed by atoms with Crippen LogP contribution in [0.15, 0.2) is 42.5 Å². The normalized spacial score (nSPS) is 12.7. The zero-order valence-electron chi connectivity index (χ0n) is 19.1. The molecule has 2 amide bonds.